The van der Waals surface area contributed by atoms with E-state index in [0.29, 0.717) is 22.0 Å². The van der Waals surface area contributed by atoms with Gasteiger partial charge in [-0.2, -0.15) is 0 Å². The summed E-state index contributed by atoms with van der Waals surface area (Å²) in [5.41, 5.74) is 0.809. The lowest BCUT2D eigenvalue weighted by Crippen LogP contribution is -2.39. The van der Waals surface area contributed by atoms with Crippen LogP contribution in [0.3, 0.4) is 0 Å². The molecule has 0 fully saturated rings. The predicted molar refractivity (Wildman–Crippen MR) is 164 cm³/mol. The average Bonchev–Trinajstić information content (AvgIpc) is 2.98. The van der Waals surface area contributed by atoms with Crippen molar-refractivity contribution in [2.45, 2.75) is 40.2 Å². The number of esters is 3. The third-order valence-corrected chi connectivity index (χ3v) is 6.44. The number of hydrogen-bond donors (Lipinski definition) is 0. The van der Waals surface area contributed by atoms with Crippen LogP contribution in [0, 0.1) is 0 Å². The molecule has 0 aliphatic carbocycles. The summed E-state index contributed by atoms with van der Waals surface area (Å²) in [5, 5.41) is 1.27. The molecule has 0 saturated heterocycles. The van der Waals surface area contributed by atoms with E-state index in [0.717, 1.165) is 5.56 Å². The Bertz CT molecular complexity index is 1500. The molecule has 0 atom stereocenters. The van der Waals surface area contributed by atoms with Gasteiger partial charge in [0.25, 0.3) is 0 Å². The van der Waals surface area contributed by atoms with Crippen molar-refractivity contribution < 1.29 is 38.1 Å². The Morgan fingerprint density at radius 1 is 0.791 bits per heavy atom. The molecule has 0 aliphatic rings. The number of rotatable bonds is 12. The summed E-state index contributed by atoms with van der Waals surface area (Å²) in [6, 6.07) is 19.9. The fourth-order valence-corrected chi connectivity index (χ4v) is 4.28. The maximum Gasteiger partial charge on any atom is 0.415 e. The van der Waals surface area contributed by atoms with Crippen LogP contribution in [0.1, 0.15) is 45.7 Å². The summed E-state index contributed by atoms with van der Waals surface area (Å²) >= 11 is 0. The zero-order valence-electron chi connectivity index (χ0n) is 25.2. The van der Waals surface area contributed by atoms with Gasteiger partial charge in [0.2, 0.25) is 0 Å². The van der Waals surface area contributed by atoms with E-state index in [1.807, 2.05) is 30.3 Å². The van der Waals surface area contributed by atoms with Crippen LogP contribution in [0.15, 0.2) is 84.5 Å². The van der Waals surface area contributed by atoms with E-state index in [2.05, 4.69) is 6.58 Å². The fraction of sp³-hybridized carbons (Fsp3) is 0.294. The van der Waals surface area contributed by atoms with Crippen molar-refractivity contribution in [1.29, 1.82) is 0 Å². The van der Waals surface area contributed by atoms with Crippen molar-refractivity contribution in [3.05, 3.63) is 95.6 Å². The quantitative estimate of drug-likeness (QED) is 0.0793. The minimum Gasteiger partial charge on any atom is -0.462 e. The summed E-state index contributed by atoms with van der Waals surface area (Å²) in [7, 11) is 0. The standard InChI is InChI=1S/C34H37NO8/c1-7-40-31(37)28(32(38)41-8-2)22-24-18-19-29(27-17-13-12-16-26(24)27)35(20-21-42-30(36)23(3)4)33(39)43-34(5,6)25-14-10-9-11-15-25/h9-19,22H,3,7-8,20-21H2,1-2,4-6H3. The number of benzene rings is 3. The zero-order chi connectivity index (χ0) is 31.6. The number of nitrogens with zero attached hydrogens (tertiary/aromatic N) is 1. The normalized spacial score (nSPS) is 10.8. The summed E-state index contributed by atoms with van der Waals surface area (Å²) in [6.45, 7) is 12.0. The van der Waals surface area contributed by atoms with E-state index in [1.54, 1.807) is 64.1 Å². The summed E-state index contributed by atoms with van der Waals surface area (Å²) < 4.78 is 21.5. The lowest BCUT2D eigenvalue weighted by molar-refractivity contribution is -0.146. The number of carbonyl (C=O) groups is 4. The highest BCUT2D eigenvalue weighted by Crippen LogP contribution is 2.33. The number of anilines is 1. The second-order valence-corrected chi connectivity index (χ2v) is 10.0. The third kappa shape index (κ3) is 8.31. The molecule has 43 heavy (non-hydrogen) atoms. The molecule has 0 unspecified atom stereocenters. The van der Waals surface area contributed by atoms with Gasteiger partial charge in [-0.15, -0.1) is 0 Å². The van der Waals surface area contributed by atoms with Crippen LogP contribution >= 0.6 is 0 Å². The van der Waals surface area contributed by atoms with Crippen molar-refractivity contribution in [1.82, 2.24) is 0 Å². The van der Waals surface area contributed by atoms with Crippen molar-refractivity contribution >= 4 is 46.5 Å². The number of amides is 1. The Balaban J connectivity index is 2.10. The van der Waals surface area contributed by atoms with Gasteiger partial charge in [-0.25, -0.2) is 19.2 Å². The van der Waals surface area contributed by atoms with Crippen LogP contribution in [-0.4, -0.2) is 50.4 Å². The maximum absolute atomic E-state index is 13.8. The molecular formula is C34H37NO8. The second kappa shape index (κ2) is 14.8. The summed E-state index contributed by atoms with van der Waals surface area (Å²) in [5.74, 6) is -2.18. The molecular weight excluding hydrogens is 550 g/mol. The Kier molecular flexibility index (Phi) is 11.2. The first-order valence-corrected chi connectivity index (χ1v) is 14.0. The summed E-state index contributed by atoms with van der Waals surface area (Å²) in [6.07, 6.45) is 0.755. The highest BCUT2D eigenvalue weighted by atomic mass is 16.6. The van der Waals surface area contributed by atoms with Gasteiger partial charge >= 0.3 is 24.0 Å². The van der Waals surface area contributed by atoms with Crippen LogP contribution in [-0.2, 0) is 38.9 Å². The highest BCUT2D eigenvalue weighted by Gasteiger charge is 2.30. The first-order chi connectivity index (χ1) is 20.5. The fourth-order valence-electron chi connectivity index (χ4n) is 4.28. The molecule has 3 aromatic rings. The predicted octanol–water partition coefficient (Wildman–Crippen LogP) is 6.35. The third-order valence-electron chi connectivity index (χ3n) is 6.44. The first kappa shape index (κ1) is 32.6. The van der Waals surface area contributed by atoms with Crippen molar-refractivity contribution in [2.75, 3.05) is 31.3 Å². The van der Waals surface area contributed by atoms with Gasteiger partial charge in [-0.3, -0.25) is 4.90 Å². The molecule has 0 bridgehead atoms. The number of hydrogen-bond acceptors (Lipinski definition) is 8. The Morgan fingerprint density at radius 3 is 1.95 bits per heavy atom. The van der Waals surface area contributed by atoms with E-state index in [1.165, 1.54) is 17.9 Å². The van der Waals surface area contributed by atoms with Gasteiger partial charge < -0.3 is 18.9 Å². The largest absolute Gasteiger partial charge is 0.462 e. The van der Waals surface area contributed by atoms with Gasteiger partial charge in [-0.1, -0.05) is 67.2 Å². The van der Waals surface area contributed by atoms with Crippen LogP contribution in [0.2, 0.25) is 0 Å². The maximum atomic E-state index is 13.8. The zero-order valence-corrected chi connectivity index (χ0v) is 25.2. The monoisotopic (exact) mass is 587 g/mol. The van der Waals surface area contributed by atoms with Gasteiger partial charge in [0.15, 0.2) is 0 Å². The highest BCUT2D eigenvalue weighted by molar-refractivity contribution is 6.19. The molecule has 3 aromatic carbocycles. The Labute approximate surface area is 251 Å². The van der Waals surface area contributed by atoms with Crippen molar-refractivity contribution in [2.24, 2.45) is 0 Å². The Hall–Kier alpha value is -4.92. The van der Waals surface area contributed by atoms with Gasteiger partial charge in [-0.05, 0) is 63.3 Å². The first-order valence-electron chi connectivity index (χ1n) is 14.0. The van der Waals surface area contributed by atoms with Gasteiger partial charge in [0, 0.05) is 11.0 Å². The van der Waals surface area contributed by atoms with E-state index < -0.39 is 29.6 Å². The van der Waals surface area contributed by atoms with Crippen LogP contribution in [0.4, 0.5) is 10.5 Å². The molecule has 0 N–H and O–H groups in total. The number of ether oxygens (including phenoxy) is 4. The lowest BCUT2D eigenvalue weighted by atomic mass is 9.98. The van der Waals surface area contributed by atoms with Crippen LogP contribution in [0.25, 0.3) is 16.8 Å². The minimum absolute atomic E-state index is 0.0151. The second-order valence-electron chi connectivity index (χ2n) is 10.0. The van der Waals surface area contributed by atoms with E-state index >= 15 is 0 Å². The molecule has 0 saturated carbocycles. The molecule has 0 radical (unpaired) electrons. The molecule has 0 aromatic heterocycles. The molecule has 0 heterocycles. The smallest absolute Gasteiger partial charge is 0.415 e. The van der Waals surface area contributed by atoms with Gasteiger partial charge in [0.05, 0.1) is 25.4 Å². The van der Waals surface area contributed by atoms with Crippen LogP contribution in [0.5, 0.6) is 0 Å². The molecule has 9 heteroatoms. The topological polar surface area (TPSA) is 108 Å². The average molecular weight is 588 g/mol. The molecule has 1 amide bonds. The van der Waals surface area contributed by atoms with Crippen molar-refractivity contribution in [3.63, 3.8) is 0 Å². The van der Waals surface area contributed by atoms with E-state index in [-0.39, 0.29) is 37.5 Å². The minimum atomic E-state index is -0.975. The molecule has 9 nitrogen and oxygen atoms in total. The van der Waals surface area contributed by atoms with E-state index in [4.69, 9.17) is 18.9 Å². The Morgan fingerprint density at radius 2 is 1.37 bits per heavy atom. The number of carbonyl (C=O) groups excluding carboxylic acids is 4. The van der Waals surface area contributed by atoms with Gasteiger partial charge in [0.1, 0.15) is 17.8 Å². The molecule has 0 aliphatic heterocycles. The number of fused-ring (bicyclic) bond motifs is 1. The van der Waals surface area contributed by atoms with Crippen LogP contribution < -0.4 is 4.90 Å². The van der Waals surface area contributed by atoms with Crippen molar-refractivity contribution in [3.8, 4) is 0 Å². The molecule has 3 rings (SSSR count). The van der Waals surface area contributed by atoms with E-state index in [9.17, 15) is 19.2 Å². The molecule has 0 spiro atoms. The molecule has 226 valence electrons. The lowest BCUT2D eigenvalue weighted by Gasteiger charge is -2.31. The summed E-state index contributed by atoms with van der Waals surface area (Å²) in [4.78, 5) is 52.5. The SMILES string of the molecule is C=C(C)C(=O)OCCN(C(=O)OC(C)(C)c1ccccc1)c1ccc(C=C(C(=O)OCC)C(=O)OCC)c2ccccc12.